The van der Waals surface area contributed by atoms with Crippen LogP contribution in [0.1, 0.15) is 47.3 Å². The molecule has 1 aliphatic heterocycles. The Kier molecular flexibility index (Phi) is 4.00. The lowest BCUT2D eigenvalue weighted by Gasteiger charge is -2.36. The zero-order valence-electron chi connectivity index (χ0n) is 14.7. The molecule has 1 aliphatic carbocycles. The van der Waals surface area contributed by atoms with Gasteiger partial charge in [0.2, 0.25) is 0 Å². The average molecular weight is 327 g/mol. The van der Waals surface area contributed by atoms with Gasteiger partial charge in [0.05, 0.1) is 5.69 Å². The van der Waals surface area contributed by atoms with Gasteiger partial charge in [-0.05, 0) is 33.6 Å². The van der Waals surface area contributed by atoms with Crippen LogP contribution < -0.4 is 4.90 Å². The Morgan fingerprint density at radius 3 is 2.46 bits per heavy atom. The molecule has 0 N–H and O–H groups in total. The van der Waals surface area contributed by atoms with Crippen molar-refractivity contribution in [3.63, 3.8) is 0 Å². The van der Waals surface area contributed by atoms with Crippen LogP contribution in [-0.2, 0) is 6.54 Å². The van der Waals surface area contributed by atoms with E-state index in [0.29, 0.717) is 5.92 Å². The quantitative estimate of drug-likeness (QED) is 0.860. The number of anilines is 1. The van der Waals surface area contributed by atoms with Crippen LogP contribution in [0.4, 0.5) is 5.82 Å². The van der Waals surface area contributed by atoms with Gasteiger partial charge >= 0.3 is 0 Å². The molecule has 1 saturated carbocycles. The lowest BCUT2D eigenvalue weighted by atomic mass is 10.2. The van der Waals surface area contributed by atoms with Crippen LogP contribution in [-0.4, -0.2) is 46.2 Å². The molecule has 6 heteroatoms. The van der Waals surface area contributed by atoms with Crippen molar-refractivity contribution >= 4 is 5.82 Å². The number of hydrogen-bond acceptors (Lipinski definition) is 6. The molecule has 3 heterocycles. The number of aromatic nitrogens is 3. The van der Waals surface area contributed by atoms with Crippen LogP contribution in [0.5, 0.6) is 0 Å². The molecule has 2 aliphatic rings. The SMILES string of the molecule is Cc1cc(CN2CCN(c3nc(C4CC4)nc(C)c3C)CC2)no1. The van der Waals surface area contributed by atoms with Gasteiger partial charge in [-0.15, -0.1) is 0 Å². The highest BCUT2D eigenvalue weighted by atomic mass is 16.5. The summed E-state index contributed by atoms with van der Waals surface area (Å²) in [6, 6.07) is 2.02. The van der Waals surface area contributed by atoms with Crippen molar-refractivity contribution in [2.24, 2.45) is 0 Å². The minimum Gasteiger partial charge on any atom is -0.361 e. The fraction of sp³-hybridized carbons (Fsp3) is 0.611. The zero-order chi connectivity index (χ0) is 16.7. The molecule has 4 rings (SSSR count). The molecule has 0 unspecified atom stereocenters. The standard InChI is InChI=1S/C18H25N5O/c1-12-10-16(21-24-12)11-22-6-8-23(9-7-22)18-13(2)14(3)19-17(20-18)15-4-5-15/h10,15H,4-9,11H2,1-3H3. The smallest absolute Gasteiger partial charge is 0.135 e. The molecule has 0 bridgehead atoms. The summed E-state index contributed by atoms with van der Waals surface area (Å²) in [5.74, 6) is 3.66. The van der Waals surface area contributed by atoms with Gasteiger partial charge in [-0.25, -0.2) is 9.97 Å². The third kappa shape index (κ3) is 3.15. The number of rotatable bonds is 4. The van der Waals surface area contributed by atoms with E-state index >= 15 is 0 Å². The van der Waals surface area contributed by atoms with E-state index in [9.17, 15) is 0 Å². The van der Waals surface area contributed by atoms with E-state index in [1.807, 2.05) is 13.0 Å². The van der Waals surface area contributed by atoms with E-state index in [-0.39, 0.29) is 0 Å². The third-order valence-electron chi connectivity index (χ3n) is 5.06. The van der Waals surface area contributed by atoms with E-state index in [1.165, 1.54) is 18.4 Å². The molecule has 0 atom stereocenters. The van der Waals surface area contributed by atoms with Gasteiger partial charge in [0.15, 0.2) is 0 Å². The molecule has 24 heavy (non-hydrogen) atoms. The average Bonchev–Trinajstić information content (AvgIpc) is 3.34. The van der Waals surface area contributed by atoms with Crippen molar-refractivity contribution in [2.75, 3.05) is 31.1 Å². The zero-order valence-corrected chi connectivity index (χ0v) is 14.7. The second-order valence-corrected chi connectivity index (χ2v) is 7.08. The first-order valence-corrected chi connectivity index (χ1v) is 8.85. The first kappa shape index (κ1) is 15.6. The molecule has 0 spiro atoms. The van der Waals surface area contributed by atoms with E-state index in [1.54, 1.807) is 0 Å². The molecule has 0 radical (unpaired) electrons. The molecular weight excluding hydrogens is 302 g/mol. The fourth-order valence-corrected chi connectivity index (χ4v) is 3.31. The summed E-state index contributed by atoms with van der Waals surface area (Å²) in [4.78, 5) is 14.4. The van der Waals surface area contributed by atoms with Gasteiger partial charge in [-0.1, -0.05) is 5.16 Å². The molecule has 6 nitrogen and oxygen atoms in total. The molecule has 0 amide bonds. The highest BCUT2D eigenvalue weighted by molar-refractivity contribution is 5.49. The molecular formula is C18H25N5O. The molecule has 2 aromatic heterocycles. The Balaban J connectivity index is 1.44. The minimum atomic E-state index is 0.597. The molecule has 0 aromatic carbocycles. The highest BCUT2D eigenvalue weighted by Gasteiger charge is 2.29. The fourth-order valence-electron chi connectivity index (χ4n) is 3.31. The lowest BCUT2D eigenvalue weighted by molar-refractivity contribution is 0.241. The van der Waals surface area contributed by atoms with Crippen LogP contribution in [0.15, 0.2) is 10.6 Å². The minimum absolute atomic E-state index is 0.597. The van der Waals surface area contributed by atoms with Crippen molar-refractivity contribution in [2.45, 2.75) is 46.1 Å². The maximum absolute atomic E-state index is 5.16. The van der Waals surface area contributed by atoms with Gasteiger partial charge in [0.25, 0.3) is 0 Å². The summed E-state index contributed by atoms with van der Waals surface area (Å²) in [5.41, 5.74) is 3.37. The normalized spacial score (nSPS) is 19.0. The third-order valence-corrected chi connectivity index (χ3v) is 5.06. The maximum Gasteiger partial charge on any atom is 0.135 e. The summed E-state index contributed by atoms with van der Waals surface area (Å²) in [7, 11) is 0. The first-order valence-electron chi connectivity index (χ1n) is 8.85. The maximum atomic E-state index is 5.16. The van der Waals surface area contributed by atoms with E-state index in [0.717, 1.165) is 61.5 Å². The van der Waals surface area contributed by atoms with Crippen LogP contribution in [0, 0.1) is 20.8 Å². The summed E-state index contributed by atoms with van der Waals surface area (Å²) < 4.78 is 5.16. The molecule has 2 aromatic rings. The van der Waals surface area contributed by atoms with Crippen molar-refractivity contribution in [1.29, 1.82) is 0 Å². The number of piperazine rings is 1. The number of nitrogens with zero attached hydrogens (tertiary/aromatic N) is 5. The van der Waals surface area contributed by atoms with Crippen LogP contribution in [0.25, 0.3) is 0 Å². The second kappa shape index (κ2) is 6.16. The summed E-state index contributed by atoms with van der Waals surface area (Å²) in [6.07, 6.45) is 2.49. The monoisotopic (exact) mass is 327 g/mol. The van der Waals surface area contributed by atoms with Crippen LogP contribution >= 0.6 is 0 Å². The molecule has 2 fully saturated rings. The summed E-state index contributed by atoms with van der Waals surface area (Å²) >= 11 is 0. The van der Waals surface area contributed by atoms with Crippen molar-refractivity contribution in [1.82, 2.24) is 20.0 Å². The molecule has 1 saturated heterocycles. The summed E-state index contributed by atoms with van der Waals surface area (Å²) in [6.45, 7) is 11.1. The van der Waals surface area contributed by atoms with Gasteiger partial charge in [0.1, 0.15) is 17.4 Å². The van der Waals surface area contributed by atoms with E-state index < -0.39 is 0 Å². The van der Waals surface area contributed by atoms with E-state index in [4.69, 9.17) is 14.5 Å². The predicted octanol–water partition coefficient (Wildman–Crippen LogP) is 2.59. The topological polar surface area (TPSA) is 58.3 Å². The van der Waals surface area contributed by atoms with Crippen LogP contribution in [0.2, 0.25) is 0 Å². The largest absolute Gasteiger partial charge is 0.361 e. The summed E-state index contributed by atoms with van der Waals surface area (Å²) in [5, 5.41) is 4.10. The lowest BCUT2D eigenvalue weighted by Crippen LogP contribution is -2.46. The second-order valence-electron chi connectivity index (χ2n) is 7.08. The Hall–Kier alpha value is -1.95. The van der Waals surface area contributed by atoms with Crippen molar-refractivity contribution in [3.05, 3.63) is 34.6 Å². The predicted molar refractivity (Wildman–Crippen MR) is 92.2 cm³/mol. The Morgan fingerprint density at radius 2 is 1.83 bits per heavy atom. The first-order chi connectivity index (χ1) is 11.6. The van der Waals surface area contributed by atoms with Crippen molar-refractivity contribution in [3.8, 4) is 0 Å². The Morgan fingerprint density at radius 1 is 1.08 bits per heavy atom. The number of aryl methyl sites for hydroxylation is 2. The van der Waals surface area contributed by atoms with Crippen molar-refractivity contribution < 1.29 is 4.52 Å². The number of hydrogen-bond donors (Lipinski definition) is 0. The van der Waals surface area contributed by atoms with Gasteiger partial charge < -0.3 is 9.42 Å². The van der Waals surface area contributed by atoms with Crippen LogP contribution in [0.3, 0.4) is 0 Å². The van der Waals surface area contributed by atoms with Gasteiger partial charge in [0, 0.05) is 56.0 Å². The molecule has 128 valence electrons. The Bertz CT molecular complexity index is 729. The van der Waals surface area contributed by atoms with Gasteiger partial charge in [-0.3, -0.25) is 4.90 Å². The van der Waals surface area contributed by atoms with Gasteiger partial charge in [-0.2, -0.15) is 0 Å². The Labute approximate surface area is 142 Å². The highest BCUT2D eigenvalue weighted by Crippen LogP contribution is 2.39. The van der Waals surface area contributed by atoms with E-state index in [2.05, 4.69) is 28.8 Å².